The first-order valence-corrected chi connectivity index (χ1v) is 7.93. The van der Waals surface area contributed by atoms with Gasteiger partial charge in [-0.05, 0) is 30.3 Å². The molecular formula is C18H13ClFN3O2. The molecule has 1 heterocycles. The van der Waals surface area contributed by atoms with Gasteiger partial charge in [-0.3, -0.25) is 9.59 Å². The average molecular weight is 358 g/mol. The molecule has 25 heavy (non-hydrogen) atoms. The summed E-state index contributed by atoms with van der Waals surface area (Å²) in [6, 6.07) is 11.1. The van der Waals surface area contributed by atoms with E-state index >= 15 is 0 Å². The van der Waals surface area contributed by atoms with E-state index in [9.17, 15) is 14.0 Å². The summed E-state index contributed by atoms with van der Waals surface area (Å²) in [6.07, 6.45) is 0. The number of carbonyl (C=O) groups is 2. The van der Waals surface area contributed by atoms with E-state index in [2.05, 4.69) is 5.32 Å². The molecule has 1 atom stereocenters. The Morgan fingerprint density at radius 3 is 2.80 bits per heavy atom. The third-order valence-electron chi connectivity index (χ3n) is 3.98. The molecule has 1 aliphatic heterocycles. The summed E-state index contributed by atoms with van der Waals surface area (Å²) in [4.78, 5) is 26.6. The predicted molar refractivity (Wildman–Crippen MR) is 89.4 cm³/mol. The predicted octanol–water partition coefficient (Wildman–Crippen LogP) is 2.66. The lowest BCUT2D eigenvalue weighted by molar-refractivity contribution is -0.128. The number of nitrogens with zero attached hydrogens (tertiary/aromatic N) is 2. The second-order valence-corrected chi connectivity index (χ2v) is 5.93. The van der Waals surface area contributed by atoms with E-state index in [1.54, 1.807) is 18.2 Å². The molecule has 7 heteroatoms. The Morgan fingerprint density at radius 2 is 2.08 bits per heavy atom. The largest absolute Gasteiger partial charge is 0.352 e. The van der Waals surface area contributed by atoms with Crippen molar-refractivity contribution in [1.29, 1.82) is 5.26 Å². The van der Waals surface area contributed by atoms with Gasteiger partial charge in [0.1, 0.15) is 11.9 Å². The summed E-state index contributed by atoms with van der Waals surface area (Å²) in [5.41, 5.74) is 0.546. The van der Waals surface area contributed by atoms with Crippen LogP contribution in [0.5, 0.6) is 0 Å². The quantitative estimate of drug-likeness (QED) is 0.898. The Morgan fingerprint density at radius 1 is 1.32 bits per heavy atom. The minimum atomic E-state index is -1.17. The molecule has 1 aliphatic rings. The molecule has 0 radical (unpaired) electrons. The molecule has 0 bridgehead atoms. The van der Waals surface area contributed by atoms with Crippen molar-refractivity contribution in [2.75, 3.05) is 13.1 Å². The van der Waals surface area contributed by atoms with E-state index in [4.69, 9.17) is 16.9 Å². The number of nitrogens with one attached hydrogen (secondary N) is 1. The van der Waals surface area contributed by atoms with Gasteiger partial charge in [-0.2, -0.15) is 5.26 Å². The van der Waals surface area contributed by atoms with Gasteiger partial charge in [-0.1, -0.05) is 23.7 Å². The van der Waals surface area contributed by atoms with Gasteiger partial charge in [0.15, 0.2) is 0 Å². The Hall–Kier alpha value is -2.91. The first kappa shape index (κ1) is 16.9. The Labute approximate surface area is 148 Å². The second-order valence-electron chi connectivity index (χ2n) is 5.52. The zero-order valence-corrected chi connectivity index (χ0v) is 13.8. The van der Waals surface area contributed by atoms with Crippen molar-refractivity contribution < 1.29 is 14.0 Å². The third kappa shape index (κ3) is 3.19. The van der Waals surface area contributed by atoms with Crippen LogP contribution in [0.4, 0.5) is 4.39 Å². The van der Waals surface area contributed by atoms with Crippen LogP contribution < -0.4 is 5.32 Å². The standard InChI is InChI=1S/C18H13ClFN3O2/c19-13-5-2-6-14(20)15(13)16-17(24)22-7-8-23(16)18(25)12-4-1-3-11(9-12)10-21/h1-6,9,16H,7-8H2,(H,22,24). The molecule has 1 unspecified atom stereocenters. The maximum absolute atomic E-state index is 14.3. The molecule has 1 fully saturated rings. The molecule has 3 rings (SSSR count). The highest BCUT2D eigenvalue weighted by molar-refractivity contribution is 6.31. The molecule has 0 aliphatic carbocycles. The highest BCUT2D eigenvalue weighted by Crippen LogP contribution is 2.32. The molecule has 0 saturated carbocycles. The fourth-order valence-corrected chi connectivity index (χ4v) is 3.10. The lowest BCUT2D eigenvalue weighted by Crippen LogP contribution is -2.52. The maximum Gasteiger partial charge on any atom is 0.254 e. The highest BCUT2D eigenvalue weighted by atomic mass is 35.5. The van der Waals surface area contributed by atoms with Crippen LogP contribution >= 0.6 is 11.6 Å². The van der Waals surface area contributed by atoms with Gasteiger partial charge in [0.2, 0.25) is 5.91 Å². The zero-order valence-electron chi connectivity index (χ0n) is 13.0. The van der Waals surface area contributed by atoms with Crippen molar-refractivity contribution >= 4 is 23.4 Å². The molecule has 2 amide bonds. The Kier molecular flexibility index (Phi) is 4.68. The summed E-state index contributed by atoms with van der Waals surface area (Å²) in [6.45, 7) is 0.460. The van der Waals surface area contributed by atoms with Crippen LogP contribution in [0, 0.1) is 17.1 Å². The normalized spacial score (nSPS) is 16.9. The fourth-order valence-electron chi connectivity index (χ4n) is 2.83. The van der Waals surface area contributed by atoms with Gasteiger partial charge in [0.05, 0.1) is 11.6 Å². The highest BCUT2D eigenvalue weighted by Gasteiger charge is 2.37. The number of amides is 2. The summed E-state index contributed by atoms with van der Waals surface area (Å²) in [5.74, 6) is -1.61. The lowest BCUT2D eigenvalue weighted by Gasteiger charge is -2.35. The number of halogens is 2. The number of benzene rings is 2. The van der Waals surface area contributed by atoms with Gasteiger partial charge in [0.25, 0.3) is 5.91 Å². The molecule has 1 saturated heterocycles. The summed E-state index contributed by atoms with van der Waals surface area (Å²) < 4.78 is 14.3. The van der Waals surface area contributed by atoms with Gasteiger partial charge < -0.3 is 10.2 Å². The Balaban J connectivity index is 2.05. The van der Waals surface area contributed by atoms with Crippen LogP contribution in [0.25, 0.3) is 0 Å². The van der Waals surface area contributed by atoms with E-state index in [0.29, 0.717) is 5.56 Å². The molecule has 2 aromatic carbocycles. The van der Waals surface area contributed by atoms with E-state index < -0.39 is 23.7 Å². The van der Waals surface area contributed by atoms with Gasteiger partial charge >= 0.3 is 0 Å². The smallest absolute Gasteiger partial charge is 0.254 e. The van der Waals surface area contributed by atoms with E-state index in [-0.39, 0.29) is 29.2 Å². The topological polar surface area (TPSA) is 73.2 Å². The summed E-state index contributed by atoms with van der Waals surface area (Å²) in [5, 5.41) is 11.7. The van der Waals surface area contributed by atoms with Crippen LogP contribution in [0.1, 0.15) is 27.5 Å². The van der Waals surface area contributed by atoms with Crippen molar-refractivity contribution in [3.8, 4) is 6.07 Å². The van der Waals surface area contributed by atoms with E-state index in [1.165, 1.54) is 29.2 Å². The molecule has 0 aromatic heterocycles. The minimum absolute atomic E-state index is 0.0360. The number of hydrogen-bond acceptors (Lipinski definition) is 3. The number of rotatable bonds is 2. The van der Waals surface area contributed by atoms with Gasteiger partial charge in [-0.15, -0.1) is 0 Å². The van der Waals surface area contributed by atoms with Crippen molar-refractivity contribution in [2.24, 2.45) is 0 Å². The number of hydrogen-bond donors (Lipinski definition) is 1. The van der Waals surface area contributed by atoms with Crippen molar-refractivity contribution in [2.45, 2.75) is 6.04 Å². The van der Waals surface area contributed by atoms with E-state index in [1.807, 2.05) is 6.07 Å². The first-order valence-electron chi connectivity index (χ1n) is 7.55. The number of piperazine rings is 1. The van der Waals surface area contributed by atoms with Crippen LogP contribution in [-0.2, 0) is 4.79 Å². The third-order valence-corrected chi connectivity index (χ3v) is 4.31. The first-order chi connectivity index (χ1) is 12.0. The number of carbonyl (C=O) groups excluding carboxylic acids is 2. The van der Waals surface area contributed by atoms with Crippen molar-refractivity contribution in [3.63, 3.8) is 0 Å². The second kappa shape index (κ2) is 6.91. The van der Waals surface area contributed by atoms with Gasteiger partial charge in [0, 0.05) is 29.2 Å². The number of nitriles is 1. The van der Waals surface area contributed by atoms with E-state index in [0.717, 1.165) is 0 Å². The molecule has 1 N–H and O–H groups in total. The van der Waals surface area contributed by atoms with Crippen LogP contribution in [0.15, 0.2) is 42.5 Å². The molecule has 126 valence electrons. The molecule has 5 nitrogen and oxygen atoms in total. The van der Waals surface area contributed by atoms with Crippen LogP contribution in [-0.4, -0.2) is 29.8 Å². The van der Waals surface area contributed by atoms with Crippen molar-refractivity contribution in [1.82, 2.24) is 10.2 Å². The molecular weight excluding hydrogens is 345 g/mol. The van der Waals surface area contributed by atoms with Crippen molar-refractivity contribution in [3.05, 3.63) is 70.0 Å². The van der Waals surface area contributed by atoms with Gasteiger partial charge in [-0.25, -0.2) is 4.39 Å². The SMILES string of the molecule is N#Cc1cccc(C(=O)N2CCNC(=O)C2c2c(F)cccc2Cl)c1. The monoisotopic (exact) mass is 357 g/mol. The maximum atomic E-state index is 14.3. The summed E-state index contributed by atoms with van der Waals surface area (Å²) in [7, 11) is 0. The lowest BCUT2D eigenvalue weighted by atomic mass is 10.00. The fraction of sp³-hybridized carbons (Fsp3) is 0.167. The summed E-state index contributed by atoms with van der Waals surface area (Å²) >= 11 is 6.09. The molecule has 0 spiro atoms. The average Bonchev–Trinajstić information content (AvgIpc) is 2.62. The van der Waals surface area contributed by atoms with Crippen LogP contribution in [0.2, 0.25) is 5.02 Å². The molecule has 2 aromatic rings. The Bertz CT molecular complexity index is 874. The minimum Gasteiger partial charge on any atom is -0.352 e. The zero-order chi connectivity index (χ0) is 18.0. The van der Waals surface area contributed by atoms with Crippen LogP contribution in [0.3, 0.4) is 0 Å².